The van der Waals surface area contributed by atoms with Gasteiger partial charge in [-0.3, -0.25) is 0 Å². The minimum Gasteiger partial charge on any atom is -0.382 e. The molecule has 2 aromatic carbocycles. The molecule has 1 aliphatic rings. The van der Waals surface area contributed by atoms with Gasteiger partial charge in [0.25, 0.3) is 0 Å². The second-order valence-corrected chi connectivity index (χ2v) is 6.01. The van der Waals surface area contributed by atoms with E-state index in [1.165, 1.54) is 11.8 Å². The molecule has 2 nitrogen and oxygen atoms in total. The van der Waals surface area contributed by atoms with Gasteiger partial charge in [-0.1, -0.05) is 18.2 Å². The molecular weight excluding hydrogens is 263 g/mol. The van der Waals surface area contributed by atoms with Crippen LogP contribution in [0, 0.1) is 5.82 Å². The van der Waals surface area contributed by atoms with Crippen LogP contribution >= 0.6 is 0 Å². The molecule has 1 saturated carbocycles. The Bertz CT molecular complexity index is 618. The van der Waals surface area contributed by atoms with Crippen LogP contribution in [0.4, 0.5) is 15.8 Å². The van der Waals surface area contributed by atoms with Gasteiger partial charge in [0.15, 0.2) is 0 Å². The molecule has 0 amide bonds. The quantitative estimate of drug-likeness (QED) is 0.903. The van der Waals surface area contributed by atoms with Crippen LogP contribution in [-0.2, 0) is 0 Å². The molecule has 0 unspecified atom stereocenters. The summed E-state index contributed by atoms with van der Waals surface area (Å²) in [6.45, 7) is 0. The number of rotatable bonds is 4. The summed E-state index contributed by atoms with van der Waals surface area (Å²) in [5.74, 6) is 0.345. The zero-order chi connectivity index (χ0) is 14.8. The van der Waals surface area contributed by atoms with Crippen molar-refractivity contribution in [2.75, 3.05) is 24.3 Å². The van der Waals surface area contributed by atoms with E-state index in [0.29, 0.717) is 12.0 Å². The molecule has 0 aliphatic heterocycles. The van der Waals surface area contributed by atoms with E-state index in [-0.39, 0.29) is 5.82 Å². The lowest BCUT2D eigenvalue weighted by Crippen LogP contribution is -2.34. The van der Waals surface area contributed by atoms with E-state index < -0.39 is 0 Å². The maximum atomic E-state index is 13.2. The lowest BCUT2D eigenvalue weighted by molar-refractivity contribution is 0.373. The van der Waals surface area contributed by atoms with E-state index in [4.69, 9.17) is 0 Å². The highest BCUT2D eigenvalue weighted by molar-refractivity contribution is 5.58. The summed E-state index contributed by atoms with van der Waals surface area (Å²) in [7, 11) is 4.09. The predicted molar refractivity (Wildman–Crippen MR) is 86.6 cm³/mol. The zero-order valence-corrected chi connectivity index (χ0v) is 12.5. The van der Waals surface area contributed by atoms with Crippen LogP contribution in [0.25, 0.3) is 0 Å². The van der Waals surface area contributed by atoms with Crippen molar-refractivity contribution in [1.82, 2.24) is 0 Å². The molecule has 0 bridgehead atoms. The predicted octanol–water partition coefficient (Wildman–Crippen LogP) is 4.25. The number of nitrogens with one attached hydrogen (secondary N) is 1. The van der Waals surface area contributed by atoms with Gasteiger partial charge >= 0.3 is 0 Å². The fourth-order valence-corrected chi connectivity index (χ4v) is 2.88. The molecule has 0 atom stereocenters. The van der Waals surface area contributed by atoms with Crippen LogP contribution in [-0.4, -0.2) is 20.1 Å². The second-order valence-electron chi connectivity index (χ2n) is 6.01. The Morgan fingerprint density at radius 3 is 2.52 bits per heavy atom. The third kappa shape index (κ3) is 3.18. The molecule has 0 saturated heterocycles. The van der Waals surface area contributed by atoms with E-state index in [2.05, 4.69) is 34.5 Å². The average molecular weight is 284 g/mol. The first-order valence-electron chi connectivity index (χ1n) is 7.41. The van der Waals surface area contributed by atoms with Gasteiger partial charge in [-0.2, -0.15) is 0 Å². The maximum Gasteiger partial charge on any atom is 0.123 e. The summed E-state index contributed by atoms with van der Waals surface area (Å²) < 4.78 is 13.2. The fourth-order valence-electron chi connectivity index (χ4n) is 2.88. The topological polar surface area (TPSA) is 15.3 Å². The van der Waals surface area contributed by atoms with Gasteiger partial charge in [0.05, 0.1) is 0 Å². The lowest BCUT2D eigenvalue weighted by Gasteiger charge is -2.37. The van der Waals surface area contributed by atoms with Gasteiger partial charge in [-0.25, -0.2) is 4.39 Å². The van der Waals surface area contributed by atoms with Crippen molar-refractivity contribution in [3.05, 3.63) is 59.9 Å². The van der Waals surface area contributed by atoms with Crippen LogP contribution in [0.3, 0.4) is 0 Å². The van der Waals surface area contributed by atoms with Gasteiger partial charge in [0.2, 0.25) is 0 Å². The van der Waals surface area contributed by atoms with Crippen molar-refractivity contribution in [2.45, 2.75) is 24.8 Å². The molecular formula is C18H21FN2. The van der Waals surface area contributed by atoms with Gasteiger partial charge in [0.1, 0.15) is 5.82 Å². The highest BCUT2D eigenvalue weighted by Gasteiger charge is 2.30. The van der Waals surface area contributed by atoms with Gasteiger partial charge in [-0.05, 0) is 54.7 Å². The molecule has 1 fully saturated rings. The minimum atomic E-state index is -0.136. The number of hydrogen-bond donors (Lipinski definition) is 1. The Balaban J connectivity index is 1.59. The number of anilines is 2. The van der Waals surface area contributed by atoms with Crippen molar-refractivity contribution in [2.24, 2.45) is 0 Å². The van der Waals surface area contributed by atoms with Crippen LogP contribution < -0.4 is 10.2 Å². The first-order valence-corrected chi connectivity index (χ1v) is 7.41. The van der Waals surface area contributed by atoms with Crippen LogP contribution in [0.1, 0.15) is 24.3 Å². The second kappa shape index (κ2) is 5.76. The first-order chi connectivity index (χ1) is 10.1. The summed E-state index contributed by atoms with van der Waals surface area (Å²) >= 11 is 0. The van der Waals surface area contributed by atoms with Crippen molar-refractivity contribution in [3.63, 3.8) is 0 Å². The molecule has 0 aromatic heterocycles. The van der Waals surface area contributed by atoms with E-state index >= 15 is 0 Å². The van der Waals surface area contributed by atoms with Gasteiger partial charge < -0.3 is 10.2 Å². The minimum absolute atomic E-state index is 0.136. The number of nitrogens with zero attached hydrogens (tertiary/aromatic N) is 1. The smallest absolute Gasteiger partial charge is 0.123 e. The Morgan fingerprint density at radius 2 is 1.81 bits per heavy atom. The average Bonchev–Trinajstić information content (AvgIpc) is 2.42. The van der Waals surface area contributed by atoms with Crippen molar-refractivity contribution in [1.29, 1.82) is 0 Å². The molecule has 3 rings (SSSR count). The fraction of sp³-hybridized carbons (Fsp3) is 0.333. The van der Waals surface area contributed by atoms with E-state index in [1.54, 1.807) is 12.1 Å². The highest BCUT2D eigenvalue weighted by Crippen LogP contribution is 2.38. The van der Waals surface area contributed by atoms with E-state index in [1.807, 2.05) is 20.2 Å². The monoisotopic (exact) mass is 284 g/mol. The van der Waals surface area contributed by atoms with Crippen LogP contribution in [0.15, 0.2) is 48.5 Å². The van der Waals surface area contributed by atoms with Crippen LogP contribution in [0.5, 0.6) is 0 Å². The van der Waals surface area contributed by atoms with Crippen molar-refractivity contribution < 1.29 is 4.39 Å². The molecule has 21 heavy (non-hydrogen) atoms. The molecule has 110 valence electrons. The molecule has 1 N–H and O–H groups in total. The Hall–Kier alpha value is -2.03. The Labute approximate surface area is 125 Å². The summed E-state index contributed by atoms with van der Waals surface area (Å²) in [6, 6.07) is 15.9. The SMILES string of the molecule is CN(C)c1cccc(NC2CC(c3cccc(F)c3)C2)c1. The molecule has 1 aliphatic carbocycles. The van der Waals surface area contributed by atoms with Crippen LogP contribution in [0.2, 0.25) is 0 Å². The number of hydrogen-bond acceptors (Lipinski definition) is 2. The summed E-state index contributed by atoms with van der Waals surface area (Å²) in [4.78, 5) is 2.10. The van der Waals surface area contributed by atoms with Crippen molar-refractivity contribution in [3.8, 4) is 0 Å². The summed E-state index contributed by atoms with van der Waals surface area (Å²) in [6.07, 6.45) is 2.13. The Morgan fingerprint density at radius 1 is 1.05 bits per heavy atom. The zero-order valence-electron chi connectivity index (χ0n) is 12.5. The molecule has 0 spiro atoms. The molecule has 3 heteroatoms. The van der Waals surface area contributed by atoms with E-state index in [9.17, 15) is 4.39 Å². The number of benzene rings is 2. The third-order valence-electron chi connectivity index (χ3n) is 4.19. The highest BCUT2D eigenvalue weighted by atomic mass is 19.1. The number of halogens is 1. The first kappa shape index (κ1) is 13.9. The molecule has 2 aromatic rings. The van der Waals surface area contributed by atoms with Gasteiger partial charge in [0, 0.05) is 31.5 Å². The standard InChI is InChI=1S/C18H21FN2/c1-21(2)18-8-4-7-16(12-18)20-17-10-14(11-17)13-5-3-6-15(19)9-13/h3-9,12,14,17,20H,10-11H2,1-2H3. The lowest BCUT2D eigenvalue weighted by atomic mass is 9.76. The van der Waals surface area contributed by atoms with E-state index in [0.717, 1.165) is 24.1 Å². The summed E-state index contributed by atoms with van der Waals surface area (Å²) in [5, 5.41) is 3.57. The largest absolute Gasteiger partial charge is 0.382 e. The maximum absolute atomic E-state index is 13.2. The normalized spacial score (nSPS) is 20.7. The third-order valence-corrected chi connectivity index (χ3v) is 4.19. The molecule has 0 heterocycles. The van der Waals surface area contributed by atoms with Crippen molar-refractivity contribution >= 4 is 11.4 Å². The Kier molecular flexibility index (Phi) is 3.82. The van der Waals surface area contributed by atoms with Gasteiger partial charge in [-0.15, -0.1) is 0 Å². The molecule has 0 radical (unpaired) electrons. The summed E-state index contributed by atoms with van der Waals surface area (Å²) in [5.41, 5.74) is 3.47.